The highest BCUT2D eigenvalue weighted by molar-refractivity contribution is 7.99. The highest BCUT2D eigenvalue weighted by Gasteiger charge is 2.10. The monoisotopic (exact) mass is 314 g/mol. The van der Waals surface area contributed by atoms with Crippen LogP contribution in [0.3, 0.4) is 0 Å². The van der Waals surface area contributed by atoms with Crippen molar-refractivity contribution in [2.45, 2.75) is 11.9 Å². The molecule has 0 spiro atoms. The van der Waals surface area contributed by atoms with Gasteiger partial charge in [0, 0.05) is 12.6 Å². The van der Waals surface area contributed by atoms with Crippen LogP contribution in [0.15, 0.2) is 29.3 Å². The van der Waals surface area contributed by atoms with E-state index in [-0.39, 0.29) is 5.78 Å². The molecule has 0 aliphatic heterocycles. The Bertz CT molecular complexity index is 625. The maximum atomic E-state index is 12.0. The van der Waals surface area contributed by atoms with Gasteiger partial charge in [-0.3, -0.25) is 9.48 Å². The first-order chi connectivity index (χ1) is 8.97. The van der Waals surface area contributed by atoms with Crippen LogP contribution < -0.4 is 0 Å². The highest BCUT2D eigenvalue weighted by atomic mass is 35.5. The van der Waals surface area contributed by atoms with Crippen molar-refractivity contribution >= 4 is 40.7 Å². The molecule has 2 rings (SSSR count). The zero-order valence-electron chi connectivity index (χ0n) is 10.5. The van der Waals surface area contributed by atoms with Gasteiger partial charge in [0.2, 0.25) is 0 Å². The largest absolute Gasteiger partial charge is 0.293 e. The topological polar surface area (TPSA) is 34.9 Å². The smallest absolute Gasteiger partial charge is 0.173 e. The number of thioether (sulfide) groups is 1. The number of carbonyl (C=O) groups excluding carboxylic acids is 1. The molecule has 0 saturated heterocycles. The number of halogens is 2. The Morgan fingerprint density at radius 3 is 2.63 bits per heavy atom. The third-order valence-corrected chi connectivity index (χ3v) is 4.38. The summed E-state index contributed by atoms with van der Waals surface area (Å²) >= 11 is 13.2. The average Bonchev–Trinajstić information content (AvgIpc) is 2.68. The Hall–Kier alpha value is -0.970. The fraction of sp³-hybridized carbons (Fsp3) is 0.231. The quantitative estimate of drug-likeness (QED) is 0.631. The SMILES string of the molecule is Cc1cc(SCC(=O)c2ccc(Cl)c(Cl)c2)n(C)n1. The molecule has 0 saturated carbocycles. The first-order valence-electron chi connectivity index (χ1n) is 5.59. The first kappa shape index (κ1) is 14.4. The first-order valence-corrected chi connectivity index (χ1v) is 7.33. The molecule has 1 heterocycles. The summed E-state index contributed by atoms with van der Waals surface area (Å²) in [6.07, 6.45) is 0. The molecule has 0 aliphatic carbocycles. The predicted molar refractivity (Wildman–Crippen MR) is 79.5 cm³/mol. The van der Waals surface area contributed by atoms with Gasteiger partial charge in [-0.1, -0.05) is 35.0 Å². The fourth-order valence-electron chi connectivity index (χ4n) is 1.61. The molecule has 19 heavy (non-hydrogen) atoms. The summed E-state index contributed by atoms with van der Waals surface area (Å²) in [6, 6.07) is 6.87. The molecule has 0 bridgehead atoms. The lowest BCUT2D eigenvalue weighted by atomic mass is 10.1. The minimum absolute atomic E-state index is 0.0161. The van der Waals surface area contributed by atoms with E-state index in [1.807, 2.05) is 20.0 Å². The van der Waals surface area contributed by atoms with Crippen LogP contribution in [0.5, 0.6) is 0 Å². The molecule has 0 radical (unpaired) electrons. The molecule has 0 N–H and O–H groups in total. The van der Waals surface area contributed by atoms with E-state index < -0.39 is 0 Å². The van der Waals surface area contributed by atoms with Crippen molar-refractivity contribution in [1.82, 2.24) is 9.78 Å². The van der Waals surface area contributed by atoms with Crippen LogP contribution in [0.1, 0.15) is 16.1 Å². The zero-order valence-corrected chi connectivity index (χ0v) is 12.8. The van der Waals surface area contributed by atoms with E-state index in [4.69, 9.17) is 23.2 Å². The van der Waals surface area contributed by atoms with E-state index in [1.54, 1.807) is 22.9 Å². The van der Waals surface area contributed by atoms with Gasteiger partial charge in [0.25, 0.3) is 0 Å². The number of rotatable bonds is 4. The van der Waals surface area contributed by atoms with Gasteiger partial charge in [-0.25, -0.2) is 0 Å². The van der Waals surface area contributed by atoms with Gasteiger partial charge in [0.05, 0.1) is 26.5 Å². The Balaban J connectivity index is 2.05. The average molecular weight is 315 g/mol. The van der Waals surface area contributed by atoms with E-state index in [9.17, 15) is 4.79 Å². The summed E-state index contributed by atoms with van der Waals surface area (Å²) in [7, 11) is 1.86. The summed E-state index contributed by atoms with van der Waals surface area (Å²) in [4.78, 5) is 12.0. The van der Waals surface area contributed by atoms with Gasteiger partial charge < -0.3 is 0 Å². The van der Waals surface area contributed by atoms with Gasteiger partial charge in [-0.15, -0.1) is 0 Å². The molecule has 2 aromatic rings. The van der Waals surface area contributed by atoms with Crippen LogP contribution in [0.2, 0.25) is 10.0 Å². The lowest BCUT2D eigenvalue weighted by Crippen LogP contribution is -2.03. The van der Waals surface area contributed by atoms with Crippen molar-refractivity contribution < 1.29 is 4.79 Å². The standard InChI is InChI=1S/C13H12Cl2N2OS/c1-8-5-13(17(2)16-8)19-7-12(18)9-3-4-10(14)11(15)6-9/h3-6H,7H2,1-2H3. The van der Waals surface area contributed by atoms with Crippen molar-refractivity contribution in [1.29, 1.82) is 0 Å². The van der Waals surface area contributed by atoms with E-state index in [0.29, 0.717) is 21.4 Å². The van der Waals surface area contributed by atoms with Crippen molar-refractivity contribution in [2.75, 3.05) is 5.75 Å². The Kier molecular flexibility index (Phi) is 4.55. The number of carbonyl (C=O) groups is 1. The normalized spacial score (nSPS) is 10.7. The maximum Gasteiger partial charge on any atom is 0.173 e. The van der Waals surface area contributed by atoms with Crippen molar-refractivity contribution in [3.05, 3.63) is 45.6 Å². The molecule has 0 fully saturated rings. The number of hydrogen-bond acceptors (Lipinski definition) is 3. The summed E-state index contributed by atoms with van der Waals surface area (Å²) in [6.45, 7) is 1.92. The Morgan fingerprint density at radius 1 is 1.32 bits per heavy atom. The molecule has 3 nitrogen and oxygen atoms in total. The fourth-order valence-corrected chi connectivity index (χ4v) is 2.84. The third kappa shape index (κ3) is 3.53. The second kappa shape index (κ2) is 5.99. The maximum absolute atomic E-state index is 12.0. The van der Waals surface area contributed by atoms with Crippen molar-refractivity contribution in [2.24, 2.45) is 7.05 Å². The molecule has 100 valence electrons. The van der Waals surface area contributed by atoms with E-state index in [2.05, 4.69) is 5.10 Å². The number of aryl methyl sites for hydroxylation is 2. The van der Waals surface area contributed by atoms with Gasteiger partial charge in [0.15, 0.2) is 5.78 Å². The molecule has 0 amide bonds. The Labute approximate surface area is 125 Å². The molecule has 6 heteroatoms. The van der Waals surface area contributed by atoms with Crippen molar-refractivity contribution in [3.63, 3.8) is 0 Å². The minimum Gasteiger partial charge on any atom is -0.293 e. The van der Waals surface area contributed by atoms with Crippen LogP contribution >= 0.6 is 35.0 Å². The van der Waals surface area contributed by atoms with Crippen LogP contribution in [-0.4, -0.2) is 21.3 Å². The number of benzene rings is 1. The Morgan fingerprint density at radius 2 is 2.05 bits per heavy atom. The number of hydrogen-bond donors (Lipinski definition) is 0. The molecule has 1 aromatic heterocycles. The molecule has 0 aliphatic rings. The minimum atomic E-state index is 0.0161. The molecular weight excluding hydrogens is 303 g/mol. The number of aromatic nitrogens is 2. The number of nitrogens with zero attached hydrogens (tertiary/aromatic N) is 2. The van der Waals surface area contributed by atoms with Crippen LogP contribution in [-0.2, 0) is 7.05 Å². The van der Waals surface area contributed by atoms with Gasteiger partial charge in [0.1, 0.15) is 0 Å². The molecule has 1 aromatic carbocycles. The number of Topliss-reactive ketones (excluding diaryl/α,β-unsaturated/α-hetero) is 1. The highest BCUT2D eigenvalue weighted by Crippen LogP contribution is 2.24. The van der Waals surface area contributed by atoms with Gasteiger partial charge in [-0.05, 0) is 31.2 Å². The molecule has 0 atom stereocenters. The van der Waals surface area contributed by atoms with E-state index >= 15 is 0 Å². The lowest BCUT2D eigenvalue weighted by Gasteiger charge is -2.03. The van der Waals surface area contributed by atoms with E-state index in [0.717, 1.165) is 10.7 Å². The second-order valence-corrected chi connectivity index (χ2v) is 5.90. The number of ketones is 1. The predicted octanol–water partition coefficient (Wildman–Crippen LogP) is 4.01. The molecular formula is C13H12Cl2N2OS. The van der Waals surface area contributed by atoms with E-state index in [1.165, 1.54) is 11.8 Å². The van der Waals surface area contributed by atoms with Crippen LogP contribution in [0, 0.1) is 6.92 Å². The summed E-state index contributed by atoms with van der Waals surface area (Å²) < 4.78 is 1.77. The third-order valence-electron chi connectivity index (χ3n) is 2.55. The zero-order chi connectivity index (χ0) is 14.0. The summed E-state index contributed by atoms with van der Waals surface area (Å²) in [5.74, 6) is 0.360. The van der Waals surface area contributed by atoms with Crippen LogP contribution in [0.4, 0.5) is 0 Å². The second-order valence-electron chi connectivity index (χ2n) is 4.09. The van der Waals surface area contributed by atoms with Crippen LogP contribution in [0.25, 0.3) is 0 Å². The summed E-state index contributed by atoms with van der Waals surface area (Å²) in [5.41, 5.74) is 1.51. The van der Waals surface area contributed by atoms with Crippen molar-refractivity contribution in [3.8, 4) is 0 Å². The molecule has 0 unspecified atom stereocenters. The summed E-state index contributed by atoms with van der Waals surface area (Å²) in [5, 5.41) is 6.05. The van der Waals surface area contributed by atoms with Gasteiger partial charge >= 0.3 is 0 Å². The van der Waals surface area contributed by atoms with Gasteiger partial charge in [-0.2, -0.15) is 5.10 Å². The lowest BCUT2D eigenvalue weighted by molar-refractivity contribution is 0.102.